The van der Waals surface area contributed by atoms with Gasteiger partial charge in [-0.2, -0.15) is 0 Å². The Morgan fingerprint density at radius 1 is 1.03 bits per heavy atom. The number of fused-ring (bicyclic) bond motifs is 4. The molecule has 5 aliphatic rings. The van der Waals surface area contributed by atoms with Crippen molar-refractivity contribution in [1.82, 2.24) is 5.32 Å². The molecule has 16 nitrogen and oxygen atoms in total. The van der Waals surface area contributed by atoms with Crippen LogP contribution in [0.1, 0.15) is 96.8 Å². The maximum absolute atomic E-state index is 14.6. The van der Waals surface area contributed by atoms with Gasteiger partial charge in [-0.15, -0.1) is 0 Å². The molecule has 322 valence electrons. The molecule has 11 atom stereocenters. The van der Waals surface area contributed by atoms with Gasteiger partial charge in [-0.1, -0.05) is 20.8 Å². The average molecular weight is 826 g/mol. The van der Waals surface area contributed by atoms with Gasteiger partial charge in [-0.3, -0.25) is 9.59 Å². The highest BCUT2D eigenvalue weighted by molar-refractivity contribution is 5.93. The van der Waals surface area contributed by atoms with Gasteiger partial charge in [0.1, 0.15) is 64.5 Å². The SMILES string of the molecule is COc1ccc(OC)c(C(=O)O[C@H]2C3[C@@]4(C)[C@@H](C[C@H]5OC[C@@]35OC(C)=O)O[C@H]4[C@H](O)C3=C(C)[C@@H](OC(=O)C[C@@H](NC(=O)OC(C)(C)C)c4ccco4)C[C@]2(O)C3(C)C)c1. The molecule has 2 saturated heterocycles. The Hall–Kier alpha value is -4.64. The third-order valence-electron chi connectivity index (χ3n) is 13.2. The number of carbonyl (C=O) groups is 4. The molecule has 3 N–H and O–H groups in total. The second-order valence-electron chi connectivity index (χ2n) is 18.1. The summed E-state index contributed by atoms with van der Waals surface area (Å²) < 4.78 is 53.5. The van der Waals surface area contributed by atoms with E-state index in [1.807, 2.05) is 6.92 Å². The van der Waals surface area contributed by atoms with E-state index in [1.54, 1.807) is 65.8 Å². The minimum atomic E-state index is -2.12. The fourth-order valence-corrected chi connectivity index (χ4v) is 10.4. The van der Waals surface area contributed by atoms with E-state index in [4.69, 9.17) is 42.3 Å². The van der Waals surface area contributed by atoms with Crippen LogP contribution in [-0.4, -0.2) is 108 Å². The number of nitrogens with one attached hydrogen (secondary N) is 1. The minimum absolute atomic E-state index is 0.00408. The lowest BCUT2D eigenvalue weighted by Gasteiger charge is -2.74. The number of hydrogen-bond donors (Lipinski definition) is 3. The summed E-state index contributed by atoms with van der Waals surface area (Å²) in [5, 5.41) is 28.8. The van der Waals surface area contributed by atoms with Crippen molar-refractivity contribution < 1.29 is 71.7 Å². The number of alkyl carbamates (subject to hydrolysis) is 1. The van der Waals surface area contributed by atoms with E-state index in [0.29, 0.717) is 23.3 Å². The summed E-state index contributed by atoms with van der Waals surface area (Å²) >= 11 is 0. The summed E-state index contributed by atoms with van der Waals surface area (Å²) in [5.74, 6) is -2.47. The lowest BCUT2D eigenvalue weighted by atomic mass is 9.42. The van der Waals surface area contributed by atoms with Gasteiger partial charge in [0, 0.05) is 30.6 Å². The first-order valence-corrected chi connectivity index (χ1v) is 19.8. The van der Waals surface area contributed by atoms with E-state index in [-0.39, 0.29) is 30.1 Å². The zero-order valence-electron chi connectivity index (χ0n) is 35.1. The second kappa shape index (κ2) is 14.8. The van der Waals surface area contributed by atoms with Crippen LogP contribution >= 0.6 is 0 Å². The Labute approximate surface area is 342 Å². The Kier molecular flexibility index (Phi) is 10.7. The highest BCUT2D eigenvalue weighted by Crippen LogP contribution is 2.69. The molecular formula is C43H55NO15. The van der Waals surface area contributed by atoms with Crippen LogP contribution in [0.4, 0.5) is 4.79 Å². The molecule has 7 rings (SSSR count). The quantitative estimate of drug-likeness (QED) is 0.168. The number of esters is 3. The van der Waals surface area contributed by atoms with Gasteiger partial charge in [0.25, 0.3) is 0 Å². The molecule has 4 fully saturated rings. The molecule has 0 radical (unpaired) electrons. The third kappa shape index (κ3) is 6.85. The van der Waals surface area contributed by atoms with Gasteiger partial charge in [-0.05, 0) is 69.2 Å². The van der Waals surface area contributed by atoms with E-state index >= 15 is 0 Å². The van der Waals surface area contributed by atoms with Crippen molar-refractivity contribution in [3.8, 4) is 11.5 Å². The summed E-state index contributed by atoms with van der Waals surface area (Å²) in [7, 11) is 2.85. The van der Waals surface area contributed by atoms with Gasteiger partial charge < -0.3 is 57.8 Å². The van der Waals surface area contributed by atoms with Crippen LogP contribution < -0.4 is 14.8 Å². The molecule has 2 saturated carbocycles. The number of benzene rings is 1. The first kappa shape index (κ1) is 42.5. The number of aliphatic hydroxyl groups is 2. The van der Waals surface area contributed by atoms with Crippen LogP contribution in [-0.2, 0) is 38.0 Å². The number of amides is 1. The summed E-state index contributed by atoms with van der Waals surface area (Å²) in [4.78, 5) is 54.5. The molecule has 0 spiro atoms. The first-order valence-electron chi connectivity index (χ1n) is 19.8. The maximum atomic E-state index is 14.6. The van der Waals surface area contributed by atoms with E-state index in [9.17, 15) is 29.4 Å². The number of aliphatic hydroxyl groups excluding tert-OH is 1. The van der Waals surface area contributed by atoms with Gasteiger partial charge in [0.2, 0.25) is 0 Å². The normalized spacial score (nSPS) is 34.5. The third-order valence-corrected chi connectivity index (χ3v) is 13.2. The zero-order chi connectivity index (χ0) is 43.0. The molecule has 2 aliphatic heterocycles. The Morgan fingerprint density at radius 2 is 1.76 bits per heavy atom. The van der Waals surface area contributed by atoms with Crippen molar-refractivity contribution in [2.75, 3.05) is 20.8 Å². The van der Waals surface area contributed by atoms with E-state index < -0.39 is 107 Å². The van der Waals surface area contributed by atoms with Crippen LogP contribution in [0, 0.1) is 16.7 Å². The molecule has 2 bridgehead atoms. The first-order chi connectivity index (χ1) is 27.6. The van der Waals surface area contributed by atoms with E-state index in [1.165, 1.54) is 33.5 Å². The number of furan rings is 1. The number of rotatable bonds is 10. The Morgan fingerprint density at radius 3 is 2.36 bits per heavy atom. The van der Waals surface area contributed by atoms with Crippen LogP contribution in [0.15, 0.2) is 52.2 Å². The van der Waals surface area contributed by atoms with E-state index in [0.717, 1.165) is 0 Å². The van der Waals surface area contributed by atoms with Crippen molar-refractivity contribution in [2.45, 2.75) is 134 Å². The predicted octanol–water partition coefficient (Wildman–Crippen LogP) is 4.74. The second-order valence-corrected chi connectivity index (χ2v) is 18.1. The largest absolute Gasteiger partial charge is 0.497 e. The topological polar surface area (TPSA) is 208 Å². The predicted molar refractivity (Wildman–Crippen MR) is 205 cm³/mol. The standard InChI is InChI=1S/C43H55NO15/c1-21-28(55-31(46)17-25(27-12-11-15-53-27)44-38(49)59-39(3,4)5)19-43(50)36(57-37(48)24-16-23(51-9)13-14-26(24)52-10)34-41(8)29(18-30-42(34,20-54-30)58-22(2)45)56-35(41)33(47)32(21)40(43,6)7/h11-16,25,28-30,33-36,47,50H,17-20H2,1-10H3,(H,44,49)/t25-,28+,29-,30-,33-,34?,35+,36+,41-,42+,43-/m1/s1. The summed E-state index contributed by atoms with van der Waals surface area (Å²) in [6, 6.07) is 6.86. The number of hydrogen-bond acceptors (Lipinski definition) is 15. The summed E-state index contributed by atoms with van der Waals surface area (Å²) in [6.07, 6.45) is -5.92. The highest BCUT2D eigenvalue weighted by Gasteiger charge is 2.81. The molecule has 1 aromatic carbocycles. The lowest BCUT2D eigenvalue weighted by molar-refractivity contribution is -0.416. The monoisotopic (exact) mass is 825 g/mol. The number of carbonyl (C=O) groups excluding carboxylic acids is 4. The van der Waals surface area contributed by atoms with Crippen molar-refractivity contribution in [2.24, 2.45) is 16.7 Å². The van der Waals surface area contributed by atoms with Crippen LogP contribution in [0.2, 0.25) is 0 Å². The van der Waals surface area contributed by atoms with Crippen LogP contribution in [0.5, 0.6) is 11.5 Å². The fourth-order valence-electron chi connectivity index (χ4n) is 10.4. The molecular weight excluding hydrogens is 770 g/mol. The number of methoxy groups -OCH3 is 2. The van der Waals surface area contributed by atoms with Crippen LogP contribution in [0.3, 0.4) is 0 Å². The maximum Gasteiger partial charge on any atom is 0.408 e. The molecule has 3 heterocycles. The summed E-state index contributed by atoms with van der Waals surface area (Å²) in [6.45, 7) is 13.4. The van der Waals surface area contributed by atoms with Crippen molar-refractivity contribution in [3.05, 3.63) is 59.1 Å². The highest BCUT2D eigenvalue weighted by atomic mass is 16.6. The average Bonchev–Trinajstić information content (AvgIpc) is 3.68. The number of ether oxygens (including phenoxy) is 8. The summed E-state index contributed by atoms with van der Waals surface area (Å²) in [5.41, 5.74) is -5.95. The fraction of sp³-hybridized carbons (Fsp3) is 0.628. The molecule has 3 aliphatic carbocycles. The smallest absolute Gasteiger partial charge is 0.408 e. The lowest BCUT2D eigenvalue weighted by Crippen LogP contribution is -2.86. The van der Waals surface area contributed by atoms with Gasteiger partial charge in [0.05, 0.1) is 51.6 Å². The molecule has 59 heavy (non-hydrogen) atoms. The molecule has 16 heteroatoms. The molecule has 2 aromatic rings. The van der Waals surface area contributed by atoms with E-state index in [2.05, 4.69) is 5.32 Å². The van der Waals surface area contributed by atoms with Crippen LogP contribution in [0.25, 0.3) is 0 Å². The molecule has 1 aromatic heterocycles. The van der Waals surface area contributed by atoms with Crippen molar-refractivity contribution in [3.63, 3.8) is 0 Å². The Balaban J connectivity index is 1.33. The van der Waals surface area contributed by atoms with Gasteiger partial charge in [0.15, 0.2) is 5.60 Å². The molecule has 1 amide bonds. The van der Waals surface area contributed by atoms with Gasteiger partial charge in [-0.25, -0.2) is 9.59 Å². The Bertz CT molecular complexity index is 2020. The van der Waals surface area contributed by atoms with Crippen molar-refractivity contribution >= 4 is 24.0 Å². The zero-order valence-corrected chi connectivity index (χ0v) is 35.1. The molecule has 1 unspecified atom stereocenters. The van der Waals surface area contributed by atoms with Crippen molar-refractivity contribution in [1.29, 1.82) is 0 Å². The minimum Gasteiger partial charge on any atom is -0.497 e. The van der Waals surface area contributed by atoms with Gasteiger partial charge >= 0.3 is 24.0 Å².